The fourth-order valence-electron chi connectivity index (χ4n) is 1.01. The van der Waals surface area contributed by atoms with Gasteiger partial charge in [-0.15, -0.1) is 0 Å². The molecule has 0 radical (unpaired) electrons. The number of nitrogens with one attached hydrogen (secondary N) is 1. The summed E-state index contributed by atoms with van der Waals surface area (Å²) in [5.41, 5.74) is 1.72. The Hall–Kier alpha value is -1.27. The summed E-state index contributed by atoms with van der Waals surface area (Å²) >= 11 is 3.37. The molecule has 0 fully saturated rings. The molecule has 0 aromatic heterocycles. The molecule has 2 nitrogen and oxygen atoms in total. The van der Waals surface area contributed by atoms with Gasteiger partial charge in [0.05, 0.1) is 6.07 Å². The Bertz CT molecular complexity index is 379. The van der Waals surface area contributed by atoms with Crippen molar-refractivity contribution in [3.63, 3.8) is 0 Å². The fourth-order valence-corrected chi connectivity index (χ4v) is 1.41. The van der Waals surface area contributed by atoms with Crippen molar-refractivity contribution in [2.75, 3.05) is 5.32 Å². The molecule has 0 aliphatic carbocycles. The first-order chi connectivity index (χ1) is 6.63. The van der Waals surface area contributed by atoms with Gasteiger partial charge in [-0.2, -0.15) is 5.26 Å². The highest BCUT2D eigenvalue weighted by atomic mass is 79.9. The van der Waals surface area contributed by atoms with E-state index in [9.17, 15) is 0 Å². The highest BCUT2D eigenvalue weighted by Gasteiger charge is 2.06. The molecule has 1 aromatic carbocycles. The van der Waals surface area contributed by atoms with E-state index in [4.69, 9.17) is 5.26 Å². The second kappa shape index (κ2) is 4.83. The molecule has 0 aliphatic heterocycles. The van der Waals surface area contributed by atoms with Crippen molar-refractivity contribution in [3.8, 4) is 6.07 Å². The number of rotatable bonds is 3. The molecular formula is C11H11BrN2. The fraction of sp³-hybridized carbons (Fsp3) is 0.182. The molecule has 0 aliphatic rings. The maximum absolute atomic E-state index is 8.84. The van der Waals surface area contributed by atoms with Crippen LogP contribution < -0.4 is 5.32 Å². The largest absolute Gasteiger partial charge is 0.366 e. The summed E-state index contributed by atoms with van der Waals surface area (Å²) in [5, 5.41) is 11.9. The van der Waals surface area contributed by atoms with Crippen LogP contribution in [0.3, 0.4) is 0 Å². The minimum absolute atomic E-state index is 0.329. The summed E-state index contributed by atoms with van der Waals surface area (Å²) < 4.78 is 0.987. The molecular weight excluding hydrogens is 240 g/mol. The predicted octanol–water partition coefficient (Wildman–Crippen LogP) is 3.33. The third kappa shape index (κ3) is 2.90. The first-order valence-electron chi connectivity index (χ1n) is 4.20. The van der Waals surface area contributed by atoms with E-state index in [1.165, 1.54) is 0 Å². The average Bonchev–Trinajstić information content (AvgIpc) is 2.14. The minimum Gasteiger partial charge on any atom is -0.366 e. The molecule has 1 atom stereocenters. The number of nitrogens with zero attached hydrogens (tertiary/aromatic N) is 1. The molecule has 72 valence electrons. The molecule has 0 spiro atoms. The molecule has 1 aromatic rings. The SMILES string of the molecule is C=C(C)C(C#N)Nc1cccc(Br)c1. The van der Waals surface area contributed by atoms with E-state index in [2.05, 4.69) is 33.9 Å². The second-order valence-corrected chi connectivity index (χ2v) is 3.98. The lowest BCUT2D eigenvalue weighted by atomic mass is 10.1. The van der Waals surface area contributed by atoms with Crippen LogP contribution in [0.1, 0.15) is 6.92 Å². The summed E-state index contributed by atoms with van der Waals surface area (Å²) in [4.78, 5) is 0. The lowest BCUT2D eigenvalue weighted by Gasteiger charge is -2.12. The second-order valence-electron chi connectivity index (χ2n) is 3.06. The Morgan fingerprint density at radius 3 is 2.86 bits per heavy atom. The van der Waals surface area contributed by atoms with E-state index in [1.807, 2.05) is 31.2 Å². The highest BCUT2D eigenvalue weighted by molar-refractivity contribution is 9.10. The van der Waals surface area contributed by atoms with Gasteiger partial charge in [0, 0.05) is 10.2 Å². The minimum atomic E-state index is -0.329. The quantitative estimate of drug-likeness (QED) is 0.836. The average molecular weight is 251 g/mol. The maximum atomic E-state index is 8.84. The molecule has 14 heavy (non-hydrogen) atoms. The summed E-state index contributed by atoms with van der Waals surface area (Å²) in [5.74, 6) is 0. The molecule has 3 heteroatoms. The Morgan fingerprint density at radius 1 is 1.64 bits per heavy atom. The Balaban J connectivity index is 2.78. The van der Waals surface area contributed by atoms with Crippen LogP contribution in [0.15, 0.2) is 40.9 Å². The Labute approximate surface area is 92.4 Å². The van der Waals surface area contributed by atoms with Crippen LogP contribution >= 0.6 is 15.9 Å². The van der Waals surface area contributed by atoms with Crippen molar-refractivity contribution < 1.29 is 0 Å². The van der Waals surface area contributed by atoms with Gasteiger partial charge in [0.1, 0.15) is 6.04 Å². The number of nitriles is 1. The summed E-state index contributed by atoms with van der Waals surface area (Å²) in [6.45, 7) is 5.58. The van der Waals surface area contributed by atoms with E-state index in [0.29, 0.717) is 0 Å². The van der Waals surface area contributed by atoms with Crippen LogP contribution in [0.2, 0.25) is 0 Å². The lowest BCUT2D eigenvalue weighted by Crippen LogP contribution is -2.17. The van der Waals surface area contributed by atoms with Gasteiger partial charge in [0.2, 0.25) is 0 Å². The zero-order valence-corrected chi connectivity index (χ0v) is 9.51. The van der Waals surface area contributed by atoms with Crippen molar-refractivity contribution >= 4 is 21.6 Å². The van der Waals surface area contributed by atoms with Gasteiger partial charge in [-0.3, -0.25) is 0 Å². The van der Waals surface area contributed by atoms with E-state index in [1.54, 1.807) is 0 Å². The molecule has 0 saturated carbocycles. The Morgan fingerprint density at radius 2 is 2.36 bits per heavy atom. The number of hydrogen-bond donors (Lipinski definition) is 1. The smallest absolute Gasteiger partial charge is 0.135 e. The highest BCUT2D eigenvalue weighted by Crippen LogP contribution is 2.17. The van der Waals surface area contributed by atoms with Crippen molar-refractivity contribution in [2.24, 2.45) is 0 Å². The van der Waals surface area contributed by atoms with Crippen LogP contribution in [0.25, 0.3) is 0 Å². The van der Waals surface area contributed by atoms with Crippen molar-refractivity contribution in [2.45, 2.75) is 13.0 Å². The zero-order chi connectivity index (χ0) is 10.6. The maximum Gasteiger partial charge on any atom is 0.135 e. The summed E-state index contributed by atoms with van der Waals surface area (Å²) in [6, 6.07) is 9.51. The molecule has 0 heterocycles. The van der Waals surface area contributed by atoms with Gasteiger partial charge < -0.3 is 5.32 Å². The van der Waals surface area contributed by atoms with Gasteiger partial charge in [-0.05, 0) is 30.7 Å². The summed E-state index contributed by atoms with van der Waals surface area (Å²) in [6.07, 6.45) is 0. The predicted molar refractivity (Wildman–Crippen MR) is 62.0 cm³/mol. The number of halogens is 1. The van der Waals surface area contributed by atoms with Crippen molar-refractivity contribution in [1.82, 2.24) is 0 Å². The van der Waals surface area contributed by atoms with Crippen molar-refractivity contribution in [1.29, 1.82) is 5.26 Å². The molecule has 1 rings (SSSR count). The van der Waals surface area contributed by atoms with E-state index in [-0.39, 0.29) is 6.04 Å². The number of anilines is 1. The van der Waals surface area contributed by atoms with Gasteiger partial charge in [0.15, 0.2) is 0 Å². The van der Waals surface area contributed by atoms with Crippen LogP contribution in [0, 0.1) is 11.3 Å². The molecule has 1 unspecified atom stereocenters. The standard InChI is InChI=1S/C11H11BrN2/c1-8(2)11(7-13)14-10-5-3-4-9(12)6-10/h3-6,11,14H,1H2,2H3. The monoisotopic (exact) mass is 250 g/mol. The van der Waals surface area contributed by atoms with Crippen LogP contribution in [-0.4, -0.2) is 6.04 Å². The third-order valence-electron chi connectivity index (χ3n) is 1.76. The number of benzene rings is 1. The molecule has 1 N–H and O–H groups in total. The lowest BCUT2D eigenvalue weighted by molar-refractivity contribution is 1.03. The third-order valence-corrected chi connectivity index (χ3v) is 2.25. The van der Waals surface area contributed by atoms with Crippen LogP contribution in [0.5, 0.6) is 0 Å². The van der Waals surface area contributed by atoms with Crippen molar-refractivity contribution in [3.05, 3.63) is 40.9 Å². The molecule has 0 amide bonds. The zero-order valence-electron chi connectivity index (χ0n) is 7.92. The number of hydrogen-bond acceptors (Lipinski definition) is 2. The van der Waals surface area contributed by atoms with Gasteiger partial charge in [-0.1, -0.05) is 28.6 Å². The van der Waals surface area contributed by atoms with Crippen LogP contribution in [-0.2, 0) is 0 Å². The van der Waals surface area contributed by atoms with Gasteiger partial charge in [0.25, 0.3) is 0 Å². The van der Waals surface area contributed by atoms with Crippen LogP contribution in [0.4, 0.5) is 5.69 Å². The molecule has 0 saturated heterocycles. The summed E-state index contributed by atoms with van der Waals surface area (Å²) in [7, 11) is 0. The van der Waals surface area contributed by atoms with Gasteiger partial charge >= 0.3 is 0 Å². The first-order valence-corrected chi connectivity index (χ1v) is 5.00. The van der Waals surface area contributed by atoms with E-state index < -0.39 is 0 Å². The van der Waals surface area contributed by atoms with E-state index >= 15 is 0 Å². The first kappa shape index (κ1) is 10.8. The Kier molecular flexibility index (Phi) is 3.73. The molecule has 0 bridgehead atoms. The normalized spacial score (nSPS) is 11.5. The topological polar surface area (TPSA) is 35.8 Å². The van der Waals surface area contributed by atoms with E-state index in [0.717, 1.165) is 15.7 Å². The van der Waals surface area contributed by atoms with Gasteiger partial charge in [-0.25, -0.2) is 0 Å².